The maximum atomic E-state index is 14.2. The molecular formula is C18H18FNOS. The Morgan fingerprint density at radius 2 is 2.00 bits per heavy atom. The molecule has 1 aliphatic rings. The fourth-order valence-electron chi connectivity index (χ4n) is 2.50. The van der Waals surface area contributed by atoms with Crippen LogP contribution in [0.15, 0.2) is 58.3 Å². The summed E-state index contributed by atoms with van der Waals surface area (Å²) in [6, 6.07) is 13.2. The van der Waals surface area contributed by atoms with E-state index < -0.39 is 0 Å². The summed E-state index contributed by atoms with van der Waals surface area (Å²) in [5.74, 6) is 0.287. The molecule has 1 heterocycles. The second-order valence-corrected chi connectivity index (χ2v) is 6.16. The van der Waals surface area contributed by atoms with Crippen molar-refractivity contribution < 1.29 is 9.13 Å². The molecule has 3 rings (SSSR count). The smallest absolute Gasteiger partial charge is 0.140 e. The van der Waals surface area contributed by atoms with E-state index in [9.17, 15) is 4.39 Å². The first-order chi connectivity index (χ1) is 10.8. The van der Waals surface area contributed by atoms with Gasteiger partial charge in [0.25, 0.3) is 0 Å². The Labute approximate surface area is 134 Å². The van der Waals surface area contributed by atoms with Crippen LogP contribution in [0.3, 0.4) is 0 Å². The second-order valence-electron chi connectivity index (χ2n) is 5.08. The molecule has 1 aliphatic heterocycles. The average Bonchev–Trinajstić information content (AvgIpc) is 2.58. The van der Waals surface area contributed by atoms with Gasteiger partial charge in [0.15, 0.2) is 0 Å². The molecule has 22 heavy (non-hydrogen) atoms. The molecule has 0 amide bonds. The van der Waals surface area contributed by atoms with Crippen molar-refractivity contribution in [1.29, 1.82) is 0 Å². The summed E-state index contributed by atoms with van der Waals surface area (Å²) < 4.78 is 19.2. The summed E-state index contributed by atoms with van der Waals surface area (Å²) in [5, 5.41) is 3.32. The van der Waals surface area contributed by atoms with E-state index in [4.69, 9.17) is 4.74 Å². The topological polar surface area (TPSA) is 21.3 Å². The zero-order valence-corrected chi connectivity index (χ0v) is 13.3. The fraction of sp³-hybridized carbons (Fsp3) is 0.222. The Balaban J connectivity index is 1.91. The Morgan fingerprint density at radius 1 is 1.14 bits per heavy atom. The molecule has 0 bridgehead atoms. The van der Waals surface area contributed by atoms with Gasteiger partial charge in [0.2, 0.25) is 0 Å². The van der Waals surface area contributed by atoms with Crippen LogP contribution in [-0.2, 0) is 0 Å². The largest absolute Gasteiger partial charge is 0.497 e. The van der Waals surface area contributed by atoms with Crippen LogP contribution in [0, 0.1) is 5.82 Å². The molecule has 0 radical (unpaired) electrons. The minimum Gasteiger partial charge on any atom is -0.497 e. The third-order valence-electron chi connectivity index (χ3n) is 3.66. The van der Waals surface area contributed by atoms with Gasteiger partial charge in [0.05, 0.1) is 7.11 Å². The first kappa shape index (κ1) is 15.1. The molecule has 0 atom stereocenters. The van der Waals surface area contributed by atoms with Gasteiger partial charge in [-0.3, -0.25) is 0 Å². The molecular weight excluding hydrogens is 297 g/mol. The quantitative estimate of drug-likeness (QED) is 0.905. The van der Waals surface area contributed by atoms with E-state index in [1.807, 2.05) is 18.2 Å². The third kappa shape index (κ3) is 3.34. The van der Waals surface area contributed by atoms with Gasteiger partial charge in [-0.1, -0.05) is 36.0 Å². The number of nitrogens with one attached hydrogen (secondary N) is 1. The minimum atomic E-state index is -0.251. The number of benzene rings is 2. The summed E-state index contributed by atoms with van der Waals surface area (Å²) in [6.45, 7) is 1.88. The van der Waals surface area contributed by atoms with Gasteiger partial charge in [-0.05, 0) is 42.3 Å². The summed E-state index contributed by atoms with van der Waals surface area (Å²) in [6.07, 6.45) is 3.22. The molecule has 0 saturated heterocycles. The lowest BCUT2D eigenvalue weighted by atomic mass is 10.0. The molecule has 0 saturated carbocycles. The van der Waals surface area contributed by atoms with Crippen LogP contribution in [0.25, 0.3) is 5.57 Å². The Kier molecular flexibility index (Phi) is 4.80. The lowest BCUT2D eigenvalue weighted by molar-refractivity contribution is 0.410. The van der Waals surface area contributed by atoms with Gasteiger partial charge in [-0.15, -0.1) is 0 Å². The highest BCUT2D eigenvalue weighted by atomic mass is 32.2. The van der Waals surface area contributed by atoms with Crippen molar-refractivity contribution >= 4 is 17.3 Å². The average molecular weight is 315 g/mol. The van der Waals surface area contributed by atoms with Crippen LogP contribution in [-0.4, -0.2) is 20.2 Å². The van der Waals surface area contributed by atoms with Crippen molar-refractivity contribution in [2.24, 2.45) is 0 Å². The van der Waals surface area contributed by atoms with Crippen molar-refractivity contribution in [2.75, 3.05) is 20.2 Å². The Morgan fingerprint density at radius 3 is 2.73 bits per heavy atom. The molecule has 1 N–H and O–H groups in total. The predicted octanol–water partition coefficient (Wildman–Crippen LogP) is 4.36. The minimum absolute atomic E-state index is 0.251. The van der Waals surface area contributed by atoms with E-state index in [1.165, 1.54) is 29.0 Å². The molecule has 0 fully saturated rings. The lowest BCUT2D eigenvalue weighted by Crippen LogP contribution is -2.20. The van der Waals surface area contributed by atoms with Crippen molar-refractivity contribution in [1.82, 2.24) is 5.32 Å². The third-order valence-corrected chi connectivity index (χ3v) is 4.78. The number of rotatable bonds is 4. The molecule has 0 unspecified atom stereocenters. The van der Waals surface area contributed by atoms with Crippen molar-refractivity contribution in [3.05, 3.63) is 59.9 Å². The standard InChI is InChI=1S/C18H18FNOS/c1-21-14-6-7-18(16(19)12-14)22-17-5-3-2-4-15(17)13-8-10-20-11-9-13/h2-8,12,20H,9-11H2,1H3. The zero-order valence-electron chi connectivity index (χ0n) is 12.4. The van der Waals surface area contributed by atoms with Crippen LogP contribution < -0.4 is 10.1 Å². The first-order valence-electron chi connectivity index (χ1n) is 7.28. The van der Waals surface area contributed by atoms with E-state index in [-0.39, 0.29) is 5.82 Å². The second kappa shape index (κ2) is 6.99. The highest BCUT2D eigenvalue weighted by Gasteiger charge is 2.13. The molecule has 0 aromatic heterocycles. The van der Waals surface area contributed by atoms with Crippen LogP contribution in [0.5, 0.6) is 5.75 Å². The maximum absolute atomic E-state index is 14.2. The SMILES string of the molecule is COc1ccc(Sc2ccccc2C2=CCNCC2)c(F)c1. The summed E-state index contributed by atoms with van der Waals surface area (Å²) >= 11 is 1.46. The summed E-state index contributed by atoms with van der Waals surface area (Å²) in [7, 11) is 1.54. The molecule has 0 aliphatic carbocycles. The first-order valence-corrected chi connectivity index (χ1v) is 8.10. The predicted molar refractivity (Wildman–Crippen MR) is 89.0 cm³/mol. The lowest BCUT2D eigenvalue weighted by Gasteiger charge is -2.17. The van der Waals surface area contributed by atoms with E-state index in [0.29, 0.717) is 10.6 Å². The van der Waals surface area contributed by atoms with Gasteiger partial charge in [0, 0.05) is 22.4 Å². The number of methoxy groups -OCH3 is 1. The maximum Gasteiger partial charge on any atom is 0.140 e. The van der Waals surface area contributed by atoms with Gasteiger partial charge in [-0.25, -0.2) is 4.39 Å². The highest BCUT2D eigenvalue weighted by Crippen LogP contribution is 2.37. The van der Waals surface area contributed by atoms with Crippen molar-refractivity contribution in [2.45, 2.75) is 16.2 Å². The van der Waals surface area contributed by atoms with E-state index in [0.717, 1.165) is 24.4 Å². The van der Waals surface area contributed by atoms with E-state index in [2.05, 4.69) is 17.5 Å². The summed E-state index contributed by atoms with van der Waals surface area (Å²) in [5.41, 5.74) is 2.53. The molecule has 2 nitrogen and oxygen atoms in total. The van der Waals surface area contributed by atoms with Crippen LogP contribution in [0.1, 0.15) is 12.0 Å². The number of halogens is 1. The van der Waals surface area contributed by atoms with Gasteiger partial charge < -0.3 is 10.1 Å². The Bertz CT molecular complexity index is 699. The van der Waals surface area contributed by atoms with Crippen molar-refractivity contribution in [3.63, 3.8) is 0 Å². The molecule has 114 valence electrons. The molecule has 0 spiro atoms. The van der Waals surface area contributed by atoms with Gasteiger partial charge in [0.1, 0.15) is 11.6 Å². The van der Waals surface area contributed by atoms with Gasteiger partial charge >= 0.3 is 0 Å². The van der Waals surface area contributed by atoms with Crippen LogP contribution in [0.4, 0.5) is 4.39 Å². The normalized spacial score (nSPS) is 14.5. The zero-order chi connectivity index (χ0) is 15.4. The van der Waals surface area contributed by atoms with Gasteiger partial charge in [-0.2, -0.15) is 0 Å². The monoisotopic (exact) mass is 315 g/mol. The van der Waals surface area contributed by atoms with E-state index in [1.54, 1.807) is 19.2 Å². The fourth-order valence-corrected chi connectivity index (χ4v) is 3.48. The number of ether oxygens (including phenoxy) is 1. The molecule has 2 aromatic carbocycles. The number of hydrogen-bond donors (Lipinski definition) is 1. The van der Waals surface area contributed by atoms with Crippen LogP contribution in [0.2, 0.25) is 0 Å². The van der Waals surface area contributed by atoms with Crippen LogP contribution >= 0.6 is 11.8 Å². The number of hydrogen-bond acceptors (Lipinski definition) is 3. The van der Waals surface area contributed by atoms with E-state index >= 15 is 0 Å². The molecule has 4 heteroatoms. The Hall–Kier alpha value is -1.78. The van der Waals surface area contributed by atoms with Crippen molar-refractivity contribution in [3.8, 4) is 5.75 Å². The summed E-state index contributed by atoms with van der Waals surface area (Å²) in [4.78, 5) is 1.70. The molecule has 2 aromatic rings. The highest BCUT2D eigenvalue weighted by molar-refractivity contribution is 7.99.